The van der Waals surface area contributed by atoms with Crippen LogP contribution < -0.4 is 11.1 Å². The molecule has 1 unspecified atom stereocenters. The molecule has 1 aliphatic carbocycles. The van der Waals surface area contributed by atoms with E-state index in [0.29, 0.717) is 0 Å². The molecule has 3 N–H and O–H groups in total. The Hall–Kier alpha value is -0.320. The van der Waals surface area contributed by atoms with Crippen molar-refractivity contribution in [1.29, 1.82) is 0 Å². The van der Waals surface area contributed by atoms with Crippen LogP contribution >= 0.6 is 23.7 Å². The van der Waals surface area contributed by atoms with E-state index in [1.54, 1.807) is 11.3 Å². The van der Waals surface area contributed by atoms with Crippen molar-refractivity contribution >= 4 is 28.9 Å². The normalized spacial score (nSPS) is 16.4. The molecule has 0 saturated carbocycles. The third kappa shape index (κ3) is 3.33. The fourth-order valence-electron chi connectivity index (χ4n) is 1.68. The summed E-state index contributed by atoms with van der Waals surface area (Å²) in [6.07, 6.45) is 4.99. The average Bonchev–Trinajstić information content (AvgIpc) is 2.57. The van der Waals surface area contributed by atoms with Crippen LogP contribution in [0.15, 0.2) is 0 Å². The van der Waals surface area contributed by atoms with Gasteiger partial charge in [-0.15, -0.1) is 23.7 Å². The second kappa shape index (κ2) is 5.68. The van der Waals surface area contributed by atoms with Gasteiger partial charge in [0, 0.05) is 17.5 Å². The van der Waals surface area contributed by atoms with E-state index in [2.05, 4.69) is 10.3 Å². The van der Waals surface area contributed by atoms with Gasteiger partial charge in [-0.1, -0.05) is 0 Å². The standard InChI is InChI=1S/C10H17N3S.ClH/c1-7(11)6-12-10-13-8-4-2-3-5-9(8)14-10;/h7H,2-6,11H2,1H3,(H,12,13);1H. The van der Waals surface area contributed by atoms with E-state index in [1.807, 2.05) is 6.92 Å². The maximum Gasteiger partial charge on any atom is 0.183 e. The van der Waals surface area contributed by atoms with E-state index in [1.165, 1.54) is 29.8 Å². The number of anilines is 1. The highest BCUT2D eigenvalue weighted by Gasteiger charge is 2.14. The molecule has 0 aliphatic heterocycles. The number of hydrogen-bond acceptors (Lipinski definition) is 4. The lowest BCUT2D eigenvalue weighted by Gasteiger charge is -2.06. The SMILES string of the molecule is CC(N)CNc1nc2c(s1)CCCC2.Cl. The lowest BCUT2D eigenvalue weighted by atomic mass is 10.0. The minimum absolute atomic E-state index is 0. The lowest BCUT2D eigenvalue weighted by molar-refractivity contribution is 0.682. The number of aryl methyl sites for hydroxylation is 2. The van der Waals surface area contributed by atoms with Gasteiger partial charge in [0.15, 0.2) is 5.13 Å². The number of thiazole rings is 1. The topological polar surface area (TPSA) is 50.9 Å². The van der Waals surface area contributed by atoms with Crippen LogP contribution in [-0.4, -0.2) is 17.6 Å². The molecule has 1 atom stereocenters. The van der Waals surface area contributed by atoms with Gasteiger partial charge in [-0.05, 0) is 32.6 Å². The van der Waals surface area contributed by atoms with E-state index >= 15 is 0 Å². The van der Waals surface area contributed by atoms with Crippen LogP contribution in [0.25, 0.3) is 0 Å². The van der Waals surface area contributed by atoms with Crippen LogP contribution in [0.4, 0.5) is 5.13 Å². The fraction of sp³-hybridized carbons (Fsp3) is 0.700. The van der Waals surface area contributed by atoms with Crippen LogP contribution in [0.1, 0.15) is 30.3 Å². The summed E-state index contributed by atoms with van der Waals surface area (Å²) in [6.45, 7) is 2.81. The van der Waals surface area contributed by atoms with E-state index in [4.69, 9.17) is 5.73 Å². The molecule has 86 valence electrons. The summed E-state index contributed by atoms with van der Waals surface area (Å²) in [7, 11) is 0. The first-order valence-electron chi connectivity index (χ1n) is 5.24. The summed E-state index contributed by atoms with van der Waals surface area (Å²) >= 11 is 1.80. The highest BCUT2D eigenvalue weighted by Crippen LogP contribution is 2.29. The molecule has 1 aliphatic rings. The minimum atomic E-state index is 0. The molecule has 0 aromatic carbocycles. The summed E-state index contributed by atoms with van der Waals surface area (Å²) in [6, 6.07) is 0.191. The molecule has 0 fully saturated rings. The van der Waals surface area contributed by atoms with E-state index < -0.39 is 0 Å². The van der Waals surface area contributed by atoms with Gasteiger partial charge in [0.2, 0.25) is 0 Å². The van der Waals surface area contributed by atoms with Gasteiger partial charge in [0.25, 0.3) is 0 Å². The van der Waals surface area contributed by atoms with E-state index in [9.17, 15) is 0 Å². The Bertz CT molecular complexity index is 288. The number of nitrogens with one attached hydrogen (secondary N) is 1. The first kappa shape index (κ1) is 12.7. The molecule has 1 aromatic heterocycles. The van der Waals surface area contributed by atoms with Gasteiger partial charge in [-0.3, -0.25) is 0 Å². The Balaban J connectivity index is 0.00000112. The van der Waals surface area contributed by atoms with Gasteiger partial charge >= 0.3 is 0 Å². The average molecular weight is 248 g/mol. The predicted octanol–water partition coefficient (Wildman–Crippen LogP) is 2.20. The van der Waals surface area contributed by atoms with Crippen LogP contribution in [-0.2, 0) is 12.8 Å². The zero-order chi connectivity index (χ0) is 9.97. The van der Waals surface area contributed by atoms with Crippen LogP contribution in [0.3, 0.4) is 0 Å². The molecule has 0 saturated heterocycles. The molecule has 15 heavy (non-hydrogen) atoms. The van der Waals surface area contributed by atoms with E-state index in [-0.39, 0.29) is 18.4 Å². The lowest BCUT2D eigenvalue weighted by Crippen LogP contribution is -2.25. The first-order chi connectivity index (χ1) is 6.75. The molecule has 0 radical (unpaired) electrons. The van der Waals surface area contributed by atoms with Gasteiger partial charge in [-0.25, -0.2) is 4.98 Å². The van der Waals surface area contributed by atoms with Crippen molar-refractivity contribution in [3.05, 3.63) is 10.6 Å². The molecule has 3 nitrogen and oxygen atoms in total. The zero-order valence-corrected chi connectivity index (χ0v) is 10.6. The summed E-state index contributed by atoms with van der Waals surface area (Å²) < 4.78 is 0. The highest BCUT2D eigenvalue weighted by molar-refractivity contribution is 7.15. The maximum absolute atomic E-state index is 5.68. The van der Waals surface area contributed by atoms with Gasteiger partial charge in [-0.2, -0.15) is 0 Å². The second-order valence-electron chi connectivity index (χ2n) is 3.95. The number of halogens is 1. The maximum atomic E-state index is 5.68. The molecular formula is C10H18ClN3S. The van der Waals surface area contributed by atoms with Gasteiger partial charge in [0.05, 0.1) is 5.69 Å². The number of hydrogen-bond donors (Lipinski definition) is 2. The largest absolute Gasteiger partial charge is 0.360 e. The Morgan fingerprint density at radius 2 is 2.20 bits per heavy atom. The molecule has 0 bridgehead atoms. The van der Waals surface area contributed by atoms with Crippen molar-refractivity contribution in [1.82, 2.24) is 4.98 Å². The van der Waals surface area contributed by atoms with Crippen molar-refractivity contribution in [3.8, 4) is 0 Å². The number of nitrogens with two attached hydrogens (primary N) is 1. The van der Waals surface area contributed by atoms with Crippen LogP contribution in [0, 0.1) is 0 Å². The summed E-state index contributed by atoms with van der Waals surface area (Å²) in [5, 5.41) is 4.33. The quantitative estimate of drug-likeness (QED) is 0.861. The Morgan fingerprint density at radius 3 is 2.87 bits per heavy atom. The number of rotatable bonds is 3. The Kier molecular flexibility index (Phi) is 4.83. The van der Waals surface area contributed by atoms with Crippen molar-refractivity contribution < 1.29 is 0 Å². The molecule has 0 amide bonds. The van der Waals surface area contributed by atoms with Crippen LogP contribution in [0.5, 0.6) is 0 Å². The Labute approximate surface area is 101 Å². The van der Waals surface area contributed by atoms with Crippen LogP contribution in [0.2, 0.25) is 0 Å². The molecular weight excluding hydrogens is 230 g/mol. The van der Waals surface area contributed by atoms with Gasteiger partial charge < -0.3 is 11.1 Å². The monoisotopic (exact) mass is 247 g/mol. The fourth-order valence-corrected chi connectivity index (χ4v) is 2.73. The van der Waals surface area contributed by atoms with Crippen molar-refractivity contribution in [3.63, 3.8) is 0 Å². The highest BCUT2D eigenvalue weighted by atomic mass is 35.5. The third-order valence-electron chi connectivity index (χ3n) is 2.42. The first-order valence-corrected chi connectivity index (χ1v) is 6.05. The van der Waals surface area contributed by atoms with Crippen molar-refractivity contribution in [2.75, 3.05) is 11.9 Å². The third-order valence-corrected chi connectivity index (χ3v) is 3.54. The predicted molar refractivity (Wildman–Crippen MR) is 68.1 cm³/mol. The molecule has 2 rings (SSSR count). The van der Waals surface area contributed by atoms with Crippen molar-refractivity contribution in [2.24, 2.45) is 5.73 Å². The molecule has 1 aromatic rings. The van der Waals surface area contributed by atoms with Crippen molar-refractivity contribution in [2.45, 2.75) is 38.6 Å². The smallest absolute Gasteiger partial charge is 0.183 e. The summed E-state index contributed by atoms with van der Waals surface area (Å²) in [5.74, 6) is 0. The Morgan fingerprint density at radius 1 is 1.47 bits per heavy atom. The second-order valence-corrected chi connectivity index (χ2v) is 5.04. The molecule has 1 heterocycles. The molecule has 5 heteroatoms. The van der Waals surface area contributed by atoms with Gasteiger partial charge in [0.1, 0.15) is 0 Å². The number of aromatic nitrogens is 1. The number of nitrogens with zero attached hydrogens (tertiary/aromatic N) is 1. The zero-order valence-electron chi connectivity index (χ0n) is 8.95. The van der Waals surface area contributed by atoms with E-state index in [0.717, 1.165) is 18.1 Å². The molecule has 0 spiro atoms. The minimum Gasteiger partial charge on any atom is -0.360 e. The number of fused-ring (bicyclic) bond motifs is 1. The summed E-state index contributed by atoms with van der Waals surface area (Å²) in [4.78, 5) is 6.05. The summed E-state index contributed by atoms with van der Waals surface area (Å²) in [5.41, 5.74) is 6.99.